The fourth-order valence-electron chi connectivity index (χ4n) is 2.94. The lowest BCUT2D eigenvalue weighted by atomic mass is 10.1. The molecular formula is C22H19NO. The molecule has 0 N–H and O–H groups in total. The fourth-order valence-corrected chi connectivity index (χ4v) is 2.94. The molecule has 0 fully saturated rings. The van der Waals surface area contributed by atoms with Gasteiger partial charge >= 0.3 is 0 Å². The monoisotopic (exact) mass is 313 g/mol. The summed E-state index contributed by atoms with van der Waals surface area (Å²) in [6.07, 6.45) is 9.03. The predicted octanol–water partition coefficient (Wildman–Crippen LogP) is 4.79. The highest BCUT2D eigenvalue weighted by molar-refractivity contribution is 6.08. The Hall–Kier alpha value is -3.05. The summed E-state index contributed by atoms with van der Waals surface area (Å²) in [5.41, 5.74) is 5.05. The summed E-state index contributed by atoms with van der Waals surface area (Å²) < 4.78 is 2.10. The SMILES string of the molecule is C#CCn1c(C)c(/C=C/C(=O)c2ccc(C)cc2)c2ccccc21. The average Bonchev–Trinajstić information content (AvgIpc) is 2.86. The second-order valence-corrected chi connectivity index (χ2v) is 5.87. The van der Waals surface area contributed by atoms with Gasteiger partial charge in [-0.15, -0.1) is 6.42 Å². The van der Waals surface area contributed by atoms with Crippen molar-refractivity contribution in [3.63, 3.8) is 0 Å². The van der Waals surface area contributed by atoms with Gasteiger partial charge in [0.2, 0.25) is 0 Å². The highest BCUT2D eigenvalue weighted by Gasteiger charge is 2.11. The van der Waals surface area contributed by atoms with Gasteiger partial charge in [-0.1, -0.05) is 53.9 Å². The van der Waals surface area contributed by atoms with Gasteiger partial charge in [0.05, 0.1) is 6.54 Å². The van der Waals surface area contributed by atoms with Crippen LogP contribution < -0.4 is 0 Å². The number of benzene rings is 2. The van der Waals surface area contributed by atoms with E-state index in [1.54, 1.807) is 6.08 Å². The number of hydrogen-bond donors (Lipinski definition) is 0. The van der Waals surface area contributed by atoms with E-state index in [9.17, 15) is 4.79 Å². The van der Waals surface area contributed by atoms with Crippen LogP contribution in [0.15, 0.2) is 54.6 Å². The number of para-hydroxylation sites is 1. The van der Waals surface area contributed by atoms with Crippen LogP contribution in [0.5, 0.6) is 0 Å². The molecule has 0 aliphatic rings. The molecule has 24 heavy (non-hydrogen) atoms. The van der Waals surface area contributed by atoms with Crippen LogP contribution in [0.1, 0.15) is 27.2 Å². The second-order valence-electron chi connectivity index (χ2n) is 5.87. The standard InChI is InChI=1S/C22H19NO/c1-4-15-23-17(3)19(20-7-5-6-8-21(20)23)13-14-22(24)18-11-9-16(2)10-12-18/h1,5-14H,15H2,2-3H3/b14-13+. The second kappa shape index (κ2) is 6.60. The van der Waals surface area contributed by atoms with E-state index in [1.807, 2.05) is 56.3 Å². The van der Waals surface area contributed by atoms with Crippen molar-refractivity contribution in [2.45, 2.75) is 20.4 Å². The van der Waals surface area contributed by atoms with Gasteiger partial charge in [-0.3, -0.25) is 4.79 Å². The molecule has 3 rings (SSSR count). The van der Waals surface area contributed by atoms with Crippen LogP contribution in [-0.4, -0.2) is 10.4 Å². The van der Waals surface area contributed by atoms with Crippen molar-refractivity contribution >= 4 is 22.8 Å². The van der Waals surface area contributed by atoms with Crippen molar-refractivity contribution in [1.29, 1.82) is 0 Å². The van der Waals surface area contributed by atoms with Gasteiger partial charge in [-0.2, -0.15) is 0 Å². The third kappa shape index (κ3) is 2.89. The zero-order valence-electron chi connectivity index (χ0n) is 13.9. The molecule has 0 aliphatic carbocycles. The van der Waals surface area contributed by atoms with Crippen LogP contribution in [0.25, 0.3) is 17.0 Å². The number of aryl methyl sites for hydroxylation is 1. The molecule has 0 saturated heterocycles. The van der Waals surface area contributed by atoms with Gasteiger partial charge in [0.1, 0.15) is 0 Å². The molecule has 1 aromatic heterocycles. The number of hydrogen-bond acceptors (Lipinski definition) is 1. The van der Waals surface area contributed by atoms with Crippen molar-refractivity contribution in [2.75, 3.05) is 0 Å². The van der Waals surface area contributed by atoms with Gasteiger partial charge in [0.15, 0.2) is 5.78 Å². The molecule has 1 heterocycles. The van der Waals surface area contributed by atoms with Crippen molar-refractivity contribution in [3.8, 4) is 12.3 Å². The third-order valence-electron chi connectivity index (χ3n) is 4.27. The lowest BCUT2D eigenvalue weighted by molar-refractivity contribution is 0.104. The minimum absolute atomic E-state index is 0.00295. The first-order valence-corrected chi connectivity index (χ1v) is 7.92. The summed E-state index contributed by atoms with van der Waals surface area (Å²) in [6, 6.07) is 15.7. The van der Waals surface area contributed by atoms with E-state index in [0.717, 1.165) is 27.7 Å². The molecule has 0 unspecified atom stereocenters. The summed E-state index contributed by atoms with van der Waals surface area (Å²) in [4.78, 5) is 12.4. The number of terminal acetylenes is 1. The molecule has 2 nitrogen and oxygen atoms in total. The van der Waals surface area contributed by atoms with Gasteiger partial charge in [0, 0.05) is 27.7 Å². The Balaban J connectivity index is 2.01. The largest absolute Gasteiger partial charge is 0.333 e. The summed E-state index contributed by atoms with van der Waals surface area (Å²) in [5.74, 6) is 2.70. The molecule has 0 radical (unpaired) electrons. The number of rotatable bonds is 4. The van der Waals surface area contributed by atoms with E-state index in [4.69, 9.17) is 6.42 Å². The summed E-state index contributed by atoms with van der Waals surface area (Å²) in [7, 11) is 0. The summed E-state index contributed by atoms with van der Waals surface area (Å²) >= 11 is 0. The zero-order valence-corrected chi connectivity index (χ0v) is 13.9. The maximum atomic E-state index is 12.4. The van der Waals surface area contributed by atoms with Gasteiger partial charge in [-0.25, -0.2) is 0 Å². The first-order valence-electron chi connectivity index (χ1n) is 7.92. The predicted molar refractivity (Wildman–Crippen MR) is 100 cm³/mol. The normalized spacial score (nSPS) is 11.0. The first-order chi connectivity index (χ1) is 11.6. The molecule has 0 amide bonds. The van der Waals surface area contributed by atoms with Crippen molar-refractivity contribution in [2.24, 2.45) is 0 Å². The van der Waals surface area contributed by atoms with E-state index >= 15 is 0 Å². The van der Waals surface area contributed by atoms with E-state index in [1.165, 1.54) is 0 Å². The van der Waals surface area contributed by atoms with Gasteiger partial charge < -0.3 is 4.57 Å². The van der Waals surface area contributed by atoms with Crippen LogP contribution in [0.2, 0.25) is 0 Å². The number of fused-ring (bicyclic) bond motifs is 1. The molecule has 2 heteroatoms. The molecule has 3 aromatic rings. The molecule has 0 atom stereocenters. The Bertz CT molecular complexity index is 966. The maximum absolute atomic E-state index is 12.4. The quantitative estimate of drug-likeness (QED) is 0.386. The molecule has 0 bridgehead atoms. The number of aromatic nitrogens is 1. The van der Waals surface area contributed by atoms with Gasteiger partial charge in [0.25, 0.3) is 0 Å². The van der Waals surface area contributed by atoms with Crippen LogP contribution in [0, 0.1) is 26.2 Å². The average molecular weight is 313 g/mol. The Kier molecular flexibility index (Phi) is 4.35. The Labute approximate surface area is 142 Å². The number of ketones is 1. The minimum atomic E-state index is 0.00295. The van der Waals surface area contributed by atoms with Crippen molar-refractivity contribution in [3.05, 3.63) is 77.0 Å². The molecule has 0 spiro atoms. The Morgan fingerprint density at radius 2 is 1.83 bits per heavy atom. The van der Waals surface area contributed by atoms with Gasteiger partial charge in [-0.05, 0) is 32.1 Å². The van der Waals surface area contributed by atoms with Crippen LogP contribution >= 0.6 is 0 Å². The molecule has 0 saturated carbocycles. The van der Waals surface area contributed by atoms with Crippen molar-refractivity contribution in [1.82, 2.24) is 4.57 Å². The minimum Gasteiger partial charge on any atom is -0.333 e. The highest BCUT2D eigenvalue weighted by atomic mass is 16.1. The fraction of sp³-hybridized carbons (Fsp3) is 0.136. The zero-order chi connectivity index (χ0) is 17.1. The molecule has 118 valence electrons. The third-order valence-corrected chi connectivity index (χ3v) is 4.27. The molecule has 2 aromatic carbocycles. The van der Waals surface area contributed by atoms with E-state index in [-0.39, 0.29) is 5.78 Å². The first kappa shape index (κ1) is 15.8. The number of carbonyl (C=O) groups excluding carboxylic acids is 1. The summed E-state index contributed by atoms with van der Waals surface area (Å²) in [5, 5.41) is 1.11. The van der Waals surface area contributed by atoms with E-state index in [0.29, 0.717) is 12.1 Å². The topological polar surface area (TPSA) is 22.0 Å². The summed E-state index contributed by atoms with van der Waals surface area (Å²) in [6.45, 7) is 4.56. The van der Waals surface area contributed by atoms with Crippen LogP contribution in [-0.2, 0) is 6.54 Å². The lowest BCUT2D eigenvalue weighted by Crippen LogP contribution is -1.98. The Morgan fingerprint density at radius 3 is 2.54 bits per heavy atom. The molecule has 0 aliphatic heterocycles. The number of carbonyl (C=O) groups is 1. The van der Waals surface area contributed by atoms with E-state index in [2.05, 4.69) is 22.6 Å². The molecular weight excluding hydrogens is 294 g/mol. The van der Waals surface area contributed by atoms with Crippen molar-refractivity contribution < 1.29 is 4.79 Å². The number of allylic oxidation sites excluding steroid dienone is 1. The highest BCUT2D eigenvalue weighted by Crippen LogP contribution is 2.27. The van der Waals surface area contributed by atoms with E-state index < -0.39 is 0 Å². The lowest BCUT2D eigenvalue weighted by Gasteiger charge is -2.02. The smallest absolute Gasteiger partial charge is 0.185 e. The maximum Gasteiger partial charge on any atom is 0.185 e. The van der Waals surface area contributed by atoms with Crippen LogP contribution in [0.4, 0.5) is 0 Å². The van der Waals surface area contributed by atoms with Crippen LogP contribution in [0.3, 0.4) is 0 Å². The number of nitrogens with zero attached hydrogens (tertiary/aromatic N) is 1. The Morgan fingerprint density at radius 1 is 1.12 bits per heavy atom.